The first kappa shape index (κ1) is 18.0. The number of carbonyl (C=O) groups is 2. The molecular weight excluding hydrogens is 375 g/mol. The number of hydrogen-bond acceptors (Lipinski definition) is 3. The fraction of sp³-hybridized carbons (Fsp3) is 0.0526. The first-order valence-corrected chi connectivity index (χ1v) is 8.46. The lowest BCUT2D eigenvalue weighted by atomic mass is 10.1. The standard InChI is InChI=1S/C19H14Cl2N2O3/c20-15-8-7-12(10-16(15)21)18(24)23-17-6-2-1-5-14(17)19(25)22-11-13-4-3-9-26-13/h1-10H,11H2,(H,22,25)(H,23,24). The maximum Gasteiger partial charge on any atom is 0.255 e. The minimum absolute atomic E-state index is 0.251. The molecule has 132 valence electrons. The molecule has 0 unspecified atom stereocenters. The second-order valence-corrected chi connectivity index (χ2v) is 6.21. The summed E-state index contributed by atoms with van der Waals surface area (Å²) in [5, 5.41) is 6.11. The van der Waals surface area contributed by atoms with Gasteiger partial charge in [0.1, 0.15) is 5.76 Å². The van der Waals surface area contributed by atoms with E-state index in [-0.39, 0.29) is 17.5 Å². The summed E-state index contributed by atoms with van der Waals surface area (Å²) in [6, 6.07) is 14.8. The molecule has 0 radical (unpaired) electrons. The fourth-order valence-corrected chi connectivity index (χ4v) is 2.60. The monoisotopic (exact) mass is 388 g/mol. The average Bonchev–Trinajstić information content (AvgIpc) is 3.16. The van der Waals surface area contributed by atoms with Gasteiger partial charge >= 0.3 is 0 Å². The number of para-hydroxylation sites is 1. The van der Waals surface area contributed by atoms with Gasteiger partial charge in [0.15, 0.2) is 0 Å². The molecule has 0 spiro atoms. The van der Waals surface area contributed by atoms with E-state index >= 15 is 0 Å². The van der Waals surface area contributed by atoms with E-state index in [0.29, 0.717) is 27.6 Å². The van der Waals surface area contributed by atoms with Crippen molar-refractivity contribution in [2.24, 2.45) is 0 Å². The number of benzene rings is 2. The van der Waals surface area contributed by atoms with Crippen LogP contribution in [0.5, 0.6) is 0 Å². The smallest absolute Gasteiger partial charge is 0.255 e. The third-order valence-electron chi connectivity index (χ3n) is 3.60. The summed E-state index contributed by atoms with van der Waals surface area (Å²) in [5.74, 6) is -0.0861. The van der Waals surface area contributed by atoms with E-state index in [0.717, 1.165) is 0 Å². The van der Waals surface area contributed by atoms with Gasteiger partial charge in [-0.2, -0.15) is 0 Å². The van der Waals surface area contributed by atoms with E-state index in [1.165, 1.54) is 12.3 Å². The number of nitrogens with one attached hydrogen (secondary N) is 2. The number of hydrogen-bond donors (Lipinski definition) is 2. The molecule has 0 aliphatic carbocycles. The summed E-state index contributed by atoms with van der Waals surface area (Å²) in [5.41, 5.74) is 1.07. The molecule has 0 saturated heterocycles. The van der Waals surface area contributed by atoms with Crippen molar-refractivity contribution >= 4 is 40.7 Å². The lowest BCUT2D eigenvalue weighted by Gasteiger charge is -2.11. The molecule has 26 heavy (non-hydrogen) atoms. The average molecular weight is 389 g/mol. The molecule has 0 atom stereocenters. The van der Waals surface area contributed by atoms with Crippen molar-refractivity contribution in [2.75, 3.05) is 5.32 Å². The van der Waals surface area contributed by atoms with Gasteiger partial charge in [-0.05, 0) is 42.5 Å². The molecule has 3 aromatic rings. The van der Waals surface area contributed by atoms with Crippen LogP contribution >= 0.6 is 23.2 Å². The summed E-state index contributed by atoms with van der Waals surface area (Å²) in [6.45, 7) is 0.251. The van der Waals surface area contributed by atoms with E-state index in [4.69, 9.17) is 27.6 Å². The Labute approximate surface area is 159 Å². The van der Waals surface area contributed by atoms with Gasteiger partial charge in [-0.15, -0.1) is 0 Å². The van der Waals surface area contributed by atoms with Gasteiger partial charge < -0.3 is 15.1 Å². The number of halogens is 2. The summed E-state index contributed by atoms with van der Waals surface area (Å²) < 4.78 is 5.19. The zero-order valence-electron chi connectivity index (χ0n) is 13.5. The summed E-state index contributed by atoms with van der Waals surface area (Å²) in [7, 11) is 0. The Kier molecular flexibility index (Phi) is 5.61. The van der Waals surface area contributed by atoms with Crippen LogP contribution in [-0.4, -0.2) is 11.8 Å². The Hall–Kier alpha value is -2.76. The van der Waals surface area contributed by atoms with E-state index in [1.807, 2.05) is 0 Å². The van der Waals surface area contributed by atoms with Gasteiger partial charge in [-0.25, -0.2) is 0 Å². The minimum Gasteiger partial charge on any atom is -0.467 e. The van der Waals surface area contributed by atoms with Crippen LogP contribution in [0.1, 0.15) is 26.5 Å². The third kappa shape index (κ3) is 4.25. The molecule has 0 fully saturated rings. The maximum atomic E-state index is 12.4. The van der Waals surface area contributed by atoms with Crippen molar-refractivity contribution < 1.29 is 14.0 Å². The first-order valence-electron chi connectivity index (χ1n) is 7.70. The van der Waals surface area contributed by atoms with E-state index in [9.17, 15) is 9.59 Å². The largest absolute Gasteiger partial charge is 0.467 e. The van der Waals surface area contributed by atoms with Gasteiger partial charge in [0, 0.05) is 5.56 Å². The van der Waals surface area contributed by atoms with Crippen LogP contribution in [-0.2, 0) is 6.54 Å². The second kappa shape index (κ2) is 8.08. The van der Waals surface area contributed by atoms with Crippen molar-refractivity contribution in [1.82, 2.24) is 5.32 Å². The normalized spacial score (nSPS) is 10.4. The molecule has 0 aliphatic heterocycles. The van der Waals surface area contributed by atoms with Crippen LogP contribution in [0.15, 0.2) is 65.3 Å². The molecule has 0 aliphatic rings. The second-order valence-electron chi connectivity index (χ2n) is 5.39. The predicted molar refractivity (Wildman–Crippen MR) is 101 cm³/mol. The van der Waals surface area contributed by atoms with Crippen LogP contribution in [0.4, 0.5) is 5.69 Å². The van der Waals surface area contributed by atoms with Crippen LogP contribution in [0.3, 0.4) is 0 Å². The first-order chi connectivity index (χ1) is 12.5. The van der Waals surface area contributed by atoms with E-state index < -0.39 is 5.91 Å². The molecule has 1 heterocycles. The summed E-state index contributed by atoms with van der Waals surface area (Å²) in [6.07, 6.45) is 1.53. The number of carbonyl (C=O) groups excluding carboxylic acids is 2. The third-order valence-corrected chi connectivity index (χ3v) is 4.34. The lowest BCUT2D eigenvalue weighted by molar-refractivity contribution is 0.0949. The van der Waals surface area contributed by atoms with Gasteiger partial charge in [0.2, 0.25) is 0 Å². The van der Waals surface area contributed by atoms with Crippen molar-refractivity contribution in [3.05, 3.63) is 87.8 Å². The van der Waals surface area contributed by atoms with Gasteiger partial charge in [-0.3, -0.25) is 9.59 Å². The Morgan fingerprint density at radius 1 is 0.923 bits per heavy atom. The molecule has 0 saturated carbocycles. The van der Waals surface area contributed by atoms with Gasteiger partial charge in [-0.1, -0.05) is 35.3 Å². The molecule has 0 bridgehead atoms. The molecule has 1 aromatic heterocycles. The number of rotatable bonds is 5. The van der Waals surface area contributed by atoms with Crippen LogP contribution in [0.25, 0.3) is 0 Å². The quantitative estimate of drug-likeness (QED) is 0.661. The van der Waals surface area contributed by atoms with Gasteiger partial charge in [0.05, 0.1) is 34.1 Å². The van der Waals surface area contributed by atoms with E-state index in [2.05, 4.69) is 10.6 Å². The summed E-state index contributed by atoms with van der Waals surface area (Å²) >= 11 is 11.8. The lowest BCUT2D eigenvalue weighted by Crippen LogP contribution is -2.24. The van der Waals surface area contributed by atoms with Crippen LogP contribution < -0.4 is 10.6 Å². The Balaban J connectivity index is 1.74. The Morgan fingerprint density at radius 2 is 1.73 bits per heavy atom. The predicted octanol–water partition coefficient (Wildman–Crippen LogP) is 4.77. The molecular formula is C19H14Cl2N2O3. The summed E-state index contributed by atoms with van der Waals surface area (Å²) in [4.78, 5) is 24.9. The highest BCUT2D eigenvalue weighted by Gasteiger charge is 2.15. The highest BCUT2D eigenvalue weighted by molar-refractivity contribution is 6.42. The number of anilines is 1. The Morgan fingerprint density at radius 3 is 2.46 bits per heavy atom. The van der Waals surface area contributed by atoms with Crippen molar-refractivity contribution in [1.29, 1.82) is 0 Å². The highest BCUT2D eigenvalue weighted by atomic mass is 35.5. The van der Waals surface area contributed by atoms with Crippen molar-refractivity contribution in [2.45, 2.75) is 6.54 Å². The highest BCUT2D eigenvalue weighted by Crippen LogP contribution is 2.23. The Bertz CT molecular complexity index is 940. The van der Waals surface area contributed by atoms with Gasteiger partial charge in [0.25, 0.3) is 11.8 Å². The van der Waals surface area contributed by atoms with E-state index in [1.54, 1.807) is 48.5 Å². The zero-order chi connectivity index (χ0) is 18.5. The zero-order valence-corrected chi connectivity index (χ0v) is 15.0. The molecule has 3 rings (SSSR count). The fourth-order valence-electron chi connectivity index (χ4n) is 2.30. The number of amides is 2. The molecule has 2 aromatic carbocycles. The minimum atomic E-state index is -0.394. The molecule has 2 N–H and O–H groups in total. The topological polar surface area (TPSA) is 71.3 Å². The molecule has 7 heteroatoms. The van der Waals surface area contributed by atoms with Crippen molar-refractivity contribution in [3.63, 3.8) is 0 Å². The van der Waals surface area contributed by atoms with Crippen LogP contribution in [0.2, 0.25) is 10.0 Å². The van der Waals surface area contributed by atoms with Crippen molar-refractivity contribution in [3.8, 4) is 0 Å². The number of furan rings is 1. The molecule has 5 nitrogen and oxygen atoms in total. The molecule has 2 amide bonds. The SMILES string of the molecule is O=C(Nc1ccccc1C(=O)NCc1ccco1)c1ccc(Cl)c(Cl)c1. The van der Waals surface area contributed by atoms with Crippen LogP contribution in [0, 0.1) is 0 Å². The maximum absolute atomic E-state index is 12.4.